The van der Waals surface area contributed by atoms with E-state index in [1.165, 1.54) is 18.2 Å². The molecular weight excluding hydrogens is 207 g/mol. The van der Waals surface area contributed by atoms with Crippen molar-refractivity contribution in [3.05, 3.63) is 29.6 Å². The third kappa shape index (κ3) is 3.22. The van der Waals surface area contributed by atoms with Crippen LogP contribution in [-0.4, -0.2) is 24.4 Å². The van der Waals surface area contributed by atoms with Crippen molar-refractivity contribution in [2.75, 3.05) is 19.3 Å². The second-order valence-electron chi connectivity index (χ2n) is 4.35. The maximum atomic E-state index is 13.1. The average molecular weight is 224 g/mol. The molecule has 4 heteroatoms. The van der Waals surface area contributed by atoms with E-state index in [0.717, 1.165) is 0 Å². The van der Waals surface area contributed by atoms with Gasteiger partial charge in [0.2, 0.25) is 0 Å². The lowest BCUT2D eigenvalue weighted by molar-refractivity contribution is 0.0778. The van der Waals surface area contributed by atoms with Crippen LogP contribution in [0.25, 0.3) is 0 Å². The smallest absolute Gasteiger partial charge is 0.253 e. The van der Waals surface area contributed by atoms with Gasteiger partial charge in [-0.05, 0) is 24.1 Å². The summed E-state index contributed by atoms with van der Waals surface area (Å²) in [5.74, 6) is -0.318. The average Bonchev–Trinajstić information content (AvgIpc) is 2.13. The Hall–Kier alpha value is -1.58. The standard InChI is InChI=1S/C12H17FN2O/c1-8(2)7-15(3)12(16)9-4-10(13)6-11(14)5-9/h4-6,8H,7,14H2,1-3H3. The van der Waals surface area contributed by atoms with Crippen molar-refractivity contribution in [2.45, 2.75) is 13.8 Å². The van der Waals surface area contributed by atoms with Gasteiger partial charge in [-0.25, -0.2) is 4.39 Å². The minimum Gasteiger partial charge on any atom is -0.399 e. The highest BCUT2D eigenvalue weighted by atomic mass is 19.1. The molecule has 0 fully saturated rings. The van der Waals surface area contributed by atoms with Crippen LogP contribution in [0.4, 0.5) is 10.1 Å². The van der Waals surface area contributed by atoms with Crippen LogP contribution in [0.1, 0.15) is 24.2 Å². The first-order valence-electron chi connectivity index (χ1n) is 5.21. The van der Waals surface area contributed by atoms with Gasteiger partial charge in [-0.2, -0.15) is 0 Å². The molecule has 0 saturated carbocycles. The maximum Gasteiger partial charge on any atom is 0.253 e. The third-order valence-electron chi connectivity index (χ3n) is 2.15. The van der Waals surface area contributed by atoms with Crippen LogP contribution < -0.4 is 5.73 Å². The van der Waals surface area contributed by atoms with E-state index in [1.807, 2.05) is 13.8 Å². The first-order valence-corrected chi connectivity index (χ1v) is 5.21. The monoisotopic (exact) mass is 224 g/mol. The molecule has 0 atom stereocenters. The number of nitrogen functional groups attached to an aromatic ring is 1. The van der Waals surface area contributed by atoms with E-state index in [0.29, 0.717) is 18.0 Å². The molecule has 0 unspecified atom stereocenters. The summed E-state index contributed by atoms with van der Waals surface area (Å²) >= 11 is 0. The van der Waals surface area contributed by atoms with Gasteiger partial charge in [0.25, 0.3) is 5.91 Å². The molecule has 2 N–H and O–H groups in total. The SMILES string of the molecule is CC(C)CN(C)C(=O)c1cc(N)cc(F)c1. The van der Waals surface area contributed by atoms with Gasteiger partial charge in [0.1, 0.15) is 5.82 Å². The molecule has 1 aromatic rings. The van der Waals surface area contributed by atoms with E-state index in [2.05, 4.69) is 0 Å². The minimum absolute atomic E-state index is 0.208. The summed E-state index contributed by atoms with van der Waals surface area (Å²) in [4.78, 5) is 13.5. The molecule has 3 nitrogen and oxygen atoms in total. The van der Waals surface area contributed by atoms with Gasteiger partial charge >= 0.3 is 0 Å². The number of carbonyl (C=O) groups is 1. The summed E-state index contributed by atoms with van der Waals surface area (Å²) < 4.78 is 13.1. The van der Waals surface area contributed by atoms with Crippen LogP contribution in [-0.2, 0) is 0 Å². The topological polar surface area (TPSA) is 46.3 Å². The molecule has 1 rings (SSSR count). The number of nitrogens with two attached hydrogens (primary N) is 1. The van der Waals surface area contributed by atoms with Crippen molar-refractivity contribution >= 4 is 11.6 Å². The van der Waals surface area contributed by atoms with Gasteiger partial charge < -0.3 is 10.6 Å². The molecule has 0 aliphatic rings. The summed E-state index contributed by atoms with van der Waals surface area (Å²) in [5, 5.41) is 0. The number of amides is 1. The van der Waals surface area contributed by atoms with Crippen LogP contribution in [0.15, 0.2) is 18.2 Å². The van der Waals surface area contributed by atoms with Crippen molar-refractivity contribution in [2.24, 2.45) is 5.92 Å². The molecule has 1 amide bonds. The van der Waals surface area contributed by atoms with Crippen molar-refractivity contribution in [1.29, 1.82) is 0 Å². The van der Waals surface area contributed by atoms with Gasteiger partial charge in [-0.15, -0.1) is 0 Å². The Kier molecular flexibility index (Phi) is 3.88. The van der Waals surface area contributed by atoms with Gasteiger partial charge in [0.15, 0.2) is 0 Å². The number of benzene rings is 1. The zero-order valence-corrected chi connectivity index (χ0v) is 9.83. The first-order chi connectivity index (χ1) is 7.40. The lowest BCUT2D eigenvalue weighted by Gasteiger charge is -2.19. The summed E-state index contributed by atoms with van der Waals surface area (Å²) in [6.07, 6.45) is 0. The van der Waals surface area contributed by atoms with Gasteiger partial charge in [-0.1, -0.05) is 13.8 Å². The Morgan fingerprint density at radius 1 is 1.44 bits per heavy atom. The Bertz CT molecular complexity index is 370. The second kappa shape index (κ2) is 4.96. The van der Waals surface area contributed by atoms with Crippen molar-refractivity contribution in [3.8, 4) is 0 Å². The zero-order chi connectivity index (χ0) is 12.3. The van der Waals surface area contributed by atoms with Crippen LogP contribution in [0.5, 0.6) is 0 Å². The van der Waals surface area contributed by atoms with Crippen LogP contribution in [0.2, 0.25) is 0 Å². The fourth-order valence-electron chi connectivity index (χ4n) is 1.59. The van der Waals surface area contributed by atoms with Crippen LogP contribution >= 0.6 is 0 Å². The van der Waals surface area contributed by atoms with Gasteiger partial charge in [-0.3, -0.25) is 4.79 Å². The van der Waals surface area contributed by atoms with E-state index >= 15 is 0 Å². The van der Waals surface area contributed by atoms with E-state index in [4.69, 9.17) is 5.73 Å². The summed E-state index contributed by atoms with van der Waals surface area (Å²) in [5.41, 5.74) is 6.05. The number of nitrogens with zero attached hydrogens (tertiary/aromatic N) is 1. The summed E-state index contributed by atoms with van der Waals surface area (Å²) in [7, 11) is 1.70. The van der Waals surface area contributed by atoms with Crippen LogP contribution in [0.3, 0.4) is 0 Å². The van der Waals surface area contributed by atoms with Gasteiger partial charge in [0.05, 0.1) is 0 Å². The number of hydrogen-bond donors (Lipinski definition) is 1. The highest BCUT2D eigenvalue weighted by Crippen LogP contribution is 2.13. The fraction of sp³-hybridized carbons (Fsp3) is 0.417. The van der Waals surface area contributed by atoms with Crippen molar-refractivity contribution in [1.82, 2.24) is 4.90 Å². The van der Waals surface area contributed by atoms with E-state index in [-0.39, 0.29) is 11.6 Å². The molecular formula is C12H17FN2O. The fourth-order valence-corrected chi connectivity index (χ4v) is 1.59. The Morgan fingerprint density at radius 3 is 2.56 bits per heavy atom. The molecule has 0 aliphatic heterocycles. The van der Waals surface area contributed by atoms with E-state index < -0.39 is 5.82 Å². The highest BCUT2D eigenvalue weighted by molar-refractivity contribution is 5.94. The van der Waals surface area contributed by atoms with E-state index in [9.17, 15) is 9.18 Å². The number of carbonyl (C=O) groups excluding carboxylic acids is 1. The molecule has 0 saturated heterocycles. The minimum atomic E-state index is -0.485. The molecule has 0 radical (unpaired) electrons. The number of halogens is 1. The molecule has 16 heavy (non-hydrogen) atoms. The number of rotatable bonds is 3. The predicted molar refractivity (Wildman–Crippen MR) is 62.6 cm³/mol. The molecule has 1 aromatic carbocycles. The molecule has 0 aliphatic carbocycles. The summed E-state index contributed by atoms with van der Waals surface area (Å²) in [6, 6.07) is 3.89. The molecule has 0 bridgehead atoms. The number of hydrogen-bond acceptors (Lipinski definition) is 2. The first kappa shape index (κ1) is 12.5. The summed E-state index contributed by atoms with van der Waals surface area (Å²) in [6.45, 7) is 4.67. The maximum absolute atomic E-state index is 13.1. The second-order valence-corrected chi connectivity index (χ2v) is 4.35. The van der Waals surface area contributed by atoms with Crippen LogP contribution in [0, 0.1) is 11.7 Å². The zero-order valence-electron chi connectivity index (χ0n) is 9.83. The Labute approximate surface area is 95.0 Å². The predicted octanol–water partition coefficient (Wildman–Crippen LogP) is 2.14. The van der Waals surface area contributed by atoms with Gasteiger partial charge in [0, 0.05) is 24.8 Å². The normalized spacial score (nSPS) is 10.6. The Balaban J connectivity index is 2.87. The third-order valence-corrected chi connectivity index (χ3v) is 2.15. The molecule has 0 spiro atoms. The lowest BCUT2D eigenvalue weighted by Crippen LogP contribution is -2.30. The molecule has 0 aromatic heterocycles. The van der Waals surface area contributed by atoms with Crippen molar-refractivity contribution in [3.63, 3.8) is 0 Å². The molecule has 88 valence electrons. The number of anilines is 1. The largest absolute Gasteiger partial charge is 0.399 e. The van der Waals surface area contributed by atoms with E-state index in [1.54, 1.807) is 11.9 Å². The highest BCUT2D eigenvalue weighted by Gasteiger charge is 2.13. The Morgan fingerprint density at radius 2 is 2.06 bits per heavy atom. The lowest BCUT2D eigenvalue weighted by atomic mass is 10.1. The van der Waals surface area contributed by atoms with Crippen molar-refractivity contribution < 1.29 is 9.18 Å². The molecule has 0 heterocycles. The quantitative estimate of drug-likeness (QED) is 0.799.